The molecule has 2 aliphatic heterocycles. The molecule has 0 spiro atoms. The minimum atomic E-state index is -0.684. The number of methoxy groups -OCH3 is 1. The Morgan fingerprint density at radius 1 is 0.821 bits per heavy atom. The molecule has 2 saturated heterocycles. The van der Waals surface area contributed by atoms with Crippen LogP contribution in [-0.2, 0) is 30.3 Å². The lowest BCUT2D eigenvalue weighted by atomic mass is 9.81. The van der Waals surface area contributed by atoms with Crippen molar-refractivity contribution in [3.8, 4) is 5.75 Å². The van der Waals surface area contributed by atoms with Crippen molar-refractivity contribution in [2.24, 2.45) is 23.7 Å². The van der Waals surface area contributed by atoms with Crippen molar-refractivity contribution < 1.29 is 28.4 Å². The second kappa shape index (κ2) is 13.1. The highest BCUT2D eigenvalue weighted by atomic mass is 16.7. The molecule has 0 amide bonds. The second-order valence-corrected chi connectivity index (χ2v) is 12.2. The van der Waals surface area contributed by atoms with Gasteiger partial charge in [-0.3, -0.25) is 0 Å². The predicted octanol–water partition coefficient (Wildman–Crippen LogP) is 7.17. The summed E-state index contributed by atoms with van der Waals surface area (Å²) in [4.78, 5) is 0. The lowest BCUT2D eigenvalue weighted by molar-refractivity contribution is -0.341. The average molecular weight is 541 g/mol. The van der Waals surface area contributed by atoms with Crippen LogP contribution in [0, 0.1) is 23.7 Å². The molecule has 4 rings (SSSR count). The van der Waals surface area contributed by atoms with Crippen molar-refractivity contribution in [1.29, 1.82) is 0 Å². The minimum absolute atomic E-state index is 0.00907. The van der Waals surface area contributed by atoms with Gasteiger partial charge in [0.2, 0.25) is 0 Å². The third kappa shape index (κ3) is 7.62. The summed E-state index contributed by atoms with van der Waals surface area (Å²) >= 11 is 0. The van der Waals surface area contributed by atoms with Crippen molar-refractivity contribution in [2.45, 2.75) is 98.0 Å². The van der Waals surface area contributed by atoms with E-state index in [1.807, 2.05) is 56.3 Å². The normalized spacial score (nSPS) is 31.7. The monoisotopic (exact) mass is 540 g/mol. The van der Waals surface area contributed by atoms with Crippen LogP contribution in [0.15, 0.2) is 54.6 Å². The van der Waals surface area contributed by atoms with Crippen LogP contribution < -0.4 is 4.74 Å². The number of benzene rings is 2. The molecule has 2 aromatic rings. The molecule has 0 unspecified atom stereocenters. The fourth-order valence-electron chi connectivity index (χ4n) is 6.05. The Morgan fingerprint density at radius 2 is 1.49 bits per heavy atom. The highest BCUT2D eigenvalue weighted by molar-refractivity contribution is 5.28. The Kier molecular flexibility index (Phi) is 10.1. The van der Waals surface area contributed by atoms with E-state index in [0.717, 1.165) is 17.7 Å². The number of hydrogen-bond donors (Lipinski definition) is 0. The zero-order valence-corrected chi connectivity index (χ0v) is 25.0. The topological polar surface area (TPSA) is 55.4 Å². The van der Waals surface area contributed by atoms with E-state index in [0.29, 0.717) is 19.1 Å². The van der Waals surface area contributed by atoms with Crippen LogP contribution in [-0.4, -0.2) is 43.9 Å². The lowest BCUT2D eigenvalue weighted by Crippen LogP contribution is -2.55. The second-order valence-electron chi connectivity index (χ2n) is 12.2. The Bertz CT molecular complexity index is 1010. The Labute approximate surface area is 235 Å². The Morgan fingerprint density at radius 3 is 2.13 bits per heavy atom. The first-order valence-corrected chi connectivity index (χ1v) is 14.5. The van der Waals surface area contributed by atoms with Gasteiger partial charge in [-0.05, 0) is 37.5 Å². The highest BCUT2D eigenvalue weighted by Crippen LogP contribution is 2.42. The van der Waals surface area contributed by atoms with Gasteiger partial charge in [-0.15, -0.1) is 0 Å². The summed E-state index contributed by atoms with van der Waals surface area (Å²) < 4.78 is 37.7. The van der Waals surface area contributed by atoms with Crippen LogP contribution in [0.4, 0.5) is 0 Å². The van der Waals surface area contributed by atoms with E-state index < -0.39 is 12.1 Å². The third-order valence-corrected chi connectivity index (χ3v) is 8.21. The summed E-state index contributed by atoms with van der Waals surface area (Å²) in [5.41, 5.74) is 2.18. The van der Waals surface area contributed by atoms with Gasteiger partial charge in [0.05, 0.1) is 44.7 Å². The summed E-state index contributed by atoms with van der Waals surface area (Å²) in [6.07, 6.45) is 0.439. The standard InChI is InChI=1S/C33H48O6/c1-21(2)30-23(4)28(36-32(37-30)26-14-16-27(34-8)17-15-26)18-29-24(5)31(39-33(6,7)38-29)22(3)19-35-20-25-12-10-9-11-13-25/h9-17,21-24,28-32H,18-20H2,1-8H3/t22-,23+,24-,28-,29+,30-,31-,32+/m1/s1. The zero-order valence-electron chi connectivity index (χ0n) is 25.0. The first-order chi connectivity index (χ1) is 18.6. The maximum atomic E-state index is 6.66. The molecule has 2 aromatic carbocycles. The van der Waals surface area contributed by atoms with Gasteiger partial charge in [0, 0.05) is 29.7 Å². The fourth-order valence-corrected chi connectivity index (χ4v) is 6.05. The van der Waals surface area contributed by atoms with E-state index >= 15 is 0 Å². The molecule has 0 bridgehead atoms. The van der Waals surface area contributed by atoms with Crippen molar-refractivity contribution in [3.05, 3.63) is 65.7 Å². The van der Waals surface area contributed by atoms with Crippen LogP contribution in [0.5, 0.6) is 5.75 Å². The van der Waals surface area contributed by atoms with Crippen LogP contribution in [0.2, 0.25) is 0 Å². The van der Waals surface area contributed by atoms with E-state index in [1.54, 1.807) is 7.11 Å². The molecule has 0 radical (unpaired) electrons. The maximum absolute atomic E-state index is 6.66. The number of hydrogen-bond acceptors (Lipinski definition) is 6. The third-order valence-electron chi connectivity index (χ3n) is 8.21. The van der Waals surface area contributed by atoms with E-state index in [-0.39, 0.29) is 42.2 Å². The molecule has 39 heavy (non-hydrogen) atoms. The molecular formula is C33H48O6. The zero-order chi connectivity index (χ0) is 28.2. The Hall–Kier alpha value is -1.96. The SMILES string of the molecule is COc1ccc([C@@H]2O[C@H](C(C)C)[C@@H](C)[C@@H](C[C@@H]3OC(C)(C)O[C@H]([C@H](C)COCc4ccccc4)[C@@H]3C)O2)cc1. The van der Waals surface area contributed by atoms with E-state index in [4.69, 9.17) is 28.4 Å². The maximum Gasteiger partial charge on any atom is 0.184 e. The predicted molar refractivity (Wildman–Crippen MR) is 152 cm³/mol. The van der Waals surface area contributed by atoms with Crippen molar-refractivity contribution in [3.63, 3.8) is 0 Å². The molecule has 0 saturated carbocycles. The van der Waals surface area contributed by atoms with Gasteiger partial charge in [0.15, 0.2) is 12.1 Å². The summed E-state index contributed by atoms with van der Waals surface area (Å²) in [7, 11) is 1.68. The molecule has 0 N–H and O–H groups in total. The van der Waals surface area contributed by atoms with Crippen molar-refractivity contribution >= 4 is 0 Å². The highest BCUT2D eigenvalue weighted by Gasteiger charge is 2.46. The average Bonchev–Trinajstić information content (AvgIpc) is 2.92. The van der Waals surface area contributed by atoms with E-state index in [9.17, 15) is 0 Å². The quantitative estimate of drug-likeness (QED) is 0.318. The van der Waals surface area contributed by atoms with E-state index in [1.165, 1.54) is 5.56 Å². The molecule has 6 heteroatoms. The van der Waals surface area contributed by atoms with Crippen molar-refractivity contribution in [2.75, 3.05) is 13.7 Å². The van der Waals surface area contributed by atoms with Gasteiger partial charge in [-0.2, -0.15) is 0 Å². The van der Waals surface area contributed by atoms with Gasteiger partial charge in [0.1, 0.15) is 5.75 Å². The summed E-state index contributed by atoms with van der Waals surface area (Å²) in [6, 6.07) is 18.3. The smallest absolute Gasteiger partial charge is 0.184 e. The van der Waals surface area contributed by atoms with Gasteiger partial charge < -0.3 is 28.4 Å². The first kappa shape index (κ1) is 30.0. The van der Waals surface area contributed by atoms with Crippen molar-refractivity contribution in [1.82, 2.24) is 0 Å². The molecule has 2 heterocycles. The van der Waals surface area contributed by atoms with Crippen LogP contribution in [0.1, 0.15) is 72.3 Å². The summed E-state index contributed by atoms with van der Waals surface area (Å²) in [6.45, 7) is 16.4. The molecule has 6 nitrogen and oxygen atoms in total. The van der Waals surface area contributed by atoms with Gasteiger partial charge >= 0.3 is 0 Å². The van der Waals surface area contributed by atoms with Gasteiger partial charge in [0.25, 0.3) is 0 Å². The molecule has 2 aliphatic rings. The molecule has 0 aromatic heterocycles. The summed E-state index contributed by atoms with van der Waals surface area (Å²) in [5.74, 6) is 1.13. The van der Waals surface area contributed by atoms with Gasteiger partial charge in [-0.25, -0.2) is 0 Å². The number of rotatable bonds is 10. The summed E-state index contributed by atoms with van der Waals surface area (Å²) in [5, 5.41) is 0. The van der Waals surface area contributed by atoms with Crippen LogP contribution in [0.25, 0.3) is 0 Å². The molecule has 2 fully saturated rings. The Balaban J connectivity index is 1.45. The fraction of sp³-hybridized carbons (Fsp3) is 0.636. The van der Waals surface area contributed by atoms with Crippen LogP contribution >= 0.6 is 0 Å². The van der Waals surface area contributed by atoms with E-state index in [2.05, 4.69) is 46.8 Å². The molecule has 0 aliphatic carbocycles. The molecular weight excluding hydrogens is 492 g/mol. The lowest BCUT2D eigenvalue weighted by Gasteiger charge is -2.49. The largest absolute Gasteiger partial charge is 0.497 e. The van der Waals surface area contributed by atoms with Crippen LogP contribution in [0.3, 0.4) is 0 Å². The minimum Gasteiger partial charge on any atom is -0.497 e. The molecule has 216 valence electrons. The first-order valence-electron chi connectivity index (χ1n) is 14.5. The van der Waals surface area contributed by atoms with Gasteiger partial charge in [-0.1, -0.05) is 77.1 Å². The number of ether oxygens (including phenoxy) is 6. The molecule has 8 atom stereocenters.